The van der Waals surface area contributed by atoms with E-state index in [0.29, 0.717) is 12.5 Å². The molecule has 7 nitrogen and oxygen atoms in total. The van der Waals surface area contributed by atoms with Crippen molar-refractivity contribution >= 4 is 11.6 Å². The molecule has 33 heavy (non-hydrogen) atoms. The van der Waals surface area contributed by atoms with Crippen LogP contribution in [0.25, 0.3) is 5.65 Å². The topological polar surface area (TPSA) is 76.9 Å². The molecular formula is C26H32N4O3. The van der Waals surface area contributed by atoms with Gasteiger partial charge in [0.25, 0.3) is 0 Å². The van der Waals surface area contributed by atoms with Gasteiger partial charge in [-0.15, -0.1) is 0 Å². The van der Waals surface area contributed by atoms with Gasteiger partial charge in [-0.3, -0.25) is 4.79 Å². The van der Waals surface area contributed by atoms with Crippen molar-refractivity contribution < 1.29 is 14.3 Å². The molecule has 1 saturated heterocycles. The molecule has 2 fully saturated rings. The number of benzene rings is 1. The van der Waals surface area contributed by atoms with Crippen molar-refractivity contribution in [3.63, 3.8) is 0 Å². The summed E-state index contributed by atoms with van der Waals surface area (Å²) in [6.45, 7) is 2.83. The number of carbonyl (C=O) groups is 1. The van der Waals surface area contributed by atoms with Crippen molar-refractivity contribution in [2.75, 3.05) is 14.2 Å². The highest BCUT2D eigenvalue weighted by atomic mass is 16.5. The fourth-order valence-electron chi connectivity index (χ4n) is 5.75. The summed E-state index contributed by atoms with van der Waals surface area (Å²) in [6.07, 6.45) is 6.49. The Morgan fingerprint density at radius 1 is 1.18 bits per heavy atom. The first-order chi connectivity index (χ1) is 16.0. The van der Waals surface area contributed by atoms with Crippen LogP contribution in [-0.2, 0) is 11.3 Å². The maximum absolute atomic E-state index is 12.3. The van der Waals surface area contributed by atoms with E-state index in [-0.39, 0.29) is 17.4 Å². The van der Waals surface area contributed by atoms with Crippen molar-refractivity contribution in [1.82, 2.24) is 20.0 Å². The highest BCUT2D eigenvalue weighted by Crippen LogP contribution is 2.47. The van der Waals surface area contributed by atoms with Crippen LogP contribution < -0.4 is 20.1 Å². The maximum atomic E-state index is 12.3. The molecule has 7 heteroatoms. The number of nitrogens with zero attached hydrogens (tertiary/aromatic N) is 2. The van der Waals surface area contributed by atoms with Crippen LogP contribution in [0.4, 0.5) is 0 Å². The van der Waals surface area contributed by atoms with Crippen LogP contribution in [-0.4, -0.2) is 41.1 Å². The summed E-state index contributed by atoms with van der Waals surface area (Å²) in [6, 6.07) is 12.6. The quantitative estimate of drug-likeness (QED) is 0.601. The molecule has 0 radical (unpaired) electrons. The predicted octanol–water partition coefficient (Wildman–Crippen LogP) is 3.73. The van der Waals surface area contributed by atoms with Crippen molar-refractivity contribution in [2.45, 2.75) is 63.1 Å². The van der Waals surface area contributed by atoms with Crippen LogP contribution >= 0.6 is 0 Å². The molecule has 2 aliphatic rings. The SMILES string of the molecule is COc1ccc([C@H]2C[C@@H](NCc3c(C)nc4ccccn34)CC[C@]23CCC(=O)N3)cc1OC. The van der Waals surface area contributed by atoms with E-state index in [0.717, 1.165) is 55.1 Å². The molecule has 1 saturated carbocycles. The summed E-state index contributed by atoms with van der Waals surface area (Å²) >= 11 is 0. The first-order valence-electron chi connectivity index (χ1n) is 11.7. The molecule has 5 rings (SSSR count). The van der Waals surface area contributed by atoms with Crippen molar-refractivity contribution in [3.05, 3.63) is 59.5 Å². The second-order valence-corrected chi connectivity index (χ2v) is 9.30. The molecule has 2 N–H and O–H groups in total. The molecule has 1 amide bonds. The molecule has 174 valence electrons. The zero-order valence-corrected chi connectivity index (χ0v) is 19.6. The number of rotatable bonds is 6. The Labute approximate surface area is 194 Å². The van der Waals surface area contributed by atoms with Crippen molar-refractivity contribution in [2.24, 2.45) is 0 Å². The fourth-order valence-corrected chi connectivity index (χ4v) is 5.75. The molecule has 0 bridgehead atoms. The first kappa shape index (κ1) is 21.8. The van der Waals surface area contributed by atoms with Crippen LogP contribution in [0, 0.1) is 6.92 Å². The maximum Gasteiger partial charge on any atom is 0.220 e. The largest absolute Gasteiger partial charge is 0.493 e. The van der Waals surface area contributed by atoms with Gasteiger partial charge in [0.15, 0.2) is 11.5 Å². The second-order valence-electron chi connectivity index (χ2n) is 9.30. The van der Waals surface area contributed by atoms with E-state index in [2.05, 4.69) is 40.3 Å². The standard InChI is InChI=1S/C26H32N4O3/c1-17-21(30-13-5-4-6-24(30)28-17)16-27-19-9-11-26(12-10-25(31)29-26)20(15-19)18-7-8-22(32-2)23(14-18)33-3/h4-8,13-14,19-20,27H,9-12,15-16H2,1-3H3,(H,29,31)/t19-,20+,26-/m0/s1. The minimum atomic E-state index is -0.186. The molecule has 3 atom stereocenters. The van der Waals surface area contributed by atoms with Gasteiger partial charge in [-0.1, -0.05) is 12.1 Å². The van der Waals surface area contributed by atoms with E-state index in [1.54, 1.807) is 14.2 Å². The number of hydrogen-bond donors (Lipinski definition) is 2. The van der Waals surface area contributed by atoms with Gasteiger partial charge in [-0.05, 0) is 62.4 Å². The van der Waals surface area contributed by atoms with Crippen LogP contribution in [0.2, 0.25) is 0 Å². The zero-order chi connectivity index (χ0) is 23.0. The van der Waals surface area contributed by atoms with Crippen LogP contribution in [0.1, 0.15) is 55.0 Å². The van der Waals surface area contributed by atoms with Gasteiger partial charge in [-0.25, -0.2) is 4.98 Å². The molecule has 0 unspecified atom stereocenters. The number of fused-ring (bicyclic) bond motifs is 1. The minimum Gasteiger partial charge on any atom is -0.493 e. The molecule has 3 heterocycles. The summed E-state index contributed by atoms with van der Waals surface area (Å²) < 4.78 is 13.2. The Balaban J connectivity index is 1.39. The van der Waals surface area contributed by atoms with Gasteiger partial charge in [-0.2, -0.15) is 0 Å². The lowest BCUT2D eigenvalue weighted by Gasteiger charge is -2.45. The van der Waals surface area contributed by atoms with E-state index >= 15 is 0 Å². The predicted molar refractivity (Wildman–Crippen MR) is 127 cm³/mol. The van der Waals surface area contributed by atoms with Crippen LogP contribution in [0.15, 0.2) is 42.6 Å². The van der Waals surface area contributed by atoms with E-state index in [4.69, 9.17) is 14.5 Å². The van der Waals surface area contributed by atoms with Crippen LogP contribution in [0.3, 0.4) is 0 Å². The summed E-state index contributed by atoms with van der Waals surface area (Å²) in [5.74, 6) is 1.82. The number of nitrogens with one attached hydrogen (secondary N) is 2. The van der Waals surface area contributed by atoms with Crippen molar-refractivity contribution in [3.8, 4) is 11.5 Å². The Bertz CT molecular complexity index is 1170. The van der Waals surface area contributed by atoms with E-state index in [9.17, 15) is 4.79 Å². The number of hydrogen-bond acceptors (Lipinski definition) is 5. The monoisotopic (exact) mass is 448 g/mol. The van der Waals surface area contributed by atoms with E-state index in [1.165, 1.54) is 11.3 Å². The summed E-state index contributed by atoms with van der Waals surface area (Å²) in [5, 5.41) is 7.15. The molecular weight excluding hydrogens is 416 g/mol. The molecule has 2 aromatic heterocycles. The molecule has 1 aliphatic carbocycles. The Morgan fingerprint density at radius 3 is 2.79 bits per heavy atom. The molecule has 3 aromatic rings. The summed E-state index contributed by atoms with van der Waals surface area (Å²) in [5.41, 5.74) is 4.23. The number of pyridine rings is 1. The van der Waals surface area contributed by atoms with Gasteiger partial charge in [0, 0.05) is 36.7 Å². The summed E-state index contributed by atoms with van der Waals surface area (Å²) in [7, 11) is 3.32. The third kappa shape index (κ3) is 3.95. The molecule has 1 aromatic carbocycles. The Morgan fingerprint density at radius 2 is 2.03 bits per heavy atom. The van der Waals surface area contributed by atoms with E-state index < -0.39 is 0 Å². The normalized spacial score (nSPS) is 24.9. The second kappa shape index (κ2) is 8.71. The van der Waals surface area contributed by atoms with Gasteiger partial charge in [0.05, 0.1) is 25.6 Å². The average Bonchev–Trinajstić information content (AvgIpc) is 3.37. The Kier molecular flexibility index (Phi) is 5.74. The smallest absolute Gasteiger partial charge is 0.220 e. The fraction of sp³-hybridized carbons (Fsp3) is 0.462. The van der Waals surface area contributed by atoms with E-state index in [1.807, 2.05) is 24.3 Å². The number of ether oxygens (including phenoxy) is 2. The van der Waals surface area contributed by atoms with Gasteiger partial charge >= 0.3 is 0 Å². The van der Waals surface area contributed by atoms with Crippen molar-refractivity contribution in [1.29, 1.82) is 0 Å². The number of aryl methyl sites for hydroxylation is 1. The molecule has 1 spiro atoms. The lowest BCUT2D eigenvalue weighted by molar-refractivity contribution is -0.120. The van der Waals surface area contributed by atoms with Gasteiger partial charge in [0.2, 0.25) is 5.91 Å². The molecule has 1 aliphatic heterocycles. The Hall–Kier alpha value is -3.06. The van der Waals surface area contributed by atoms with Gasteiger partial charge < -0.3 is 24.5 Å². The lowest BCUT2D eigenvalue weighted by atomic mass is 9.67. The number of imidazole rings is 1. The highest BCUT2D eigenvalue weighted by Gasteiger charge is 2.48. The highest BCUT2D eigenvalue weighted by molar-refractivity contribution is 5.79. The first-order valence-corrected chi connectivity index (χ1v) is 11.7. The number of carbonyl (C=O) groups excluding carboxylic acids is 1. The van der Waals surface area contributed by atoms with Crippen LogP contribution in [0.5, 0.6) is 11.5 Å². The zero-order valence-electron chi connectivity index (χ0n) is 19.6. The number of aromatic nitrogens is 2. The minimum absolute atomic E-state index is 0.160. The van der Waals surface area contributed by atoms with Gasteiger partial charge in [0.1, 0.15) is 5.65 Å². The lowest BCUT2D eigenvalue weighted by Crippen LogP contribution is -2.53. The number of amides is 1. The summed E-state index contributed by atoms with van der Waals surface area (Å²) in [4.78, 5) is 17.0. The third-order valence-corrected chi connectivity index (χ3v) is 7.51. The average molecular weight is 449 g/mol. The third-order valence-electron chi connectivity index (χ3n) is 7.51. The number of methoxy groups -OCH3 is 2.